The number of primary amides is 1. The van der Waals surface area contributed by atoms with Crippen LogP contribution in [-0.2, 0) is 6.54 Å². The lowest BCUT2D eigenvalue weighted by Crippen LogP contribution is -2.13. The molecule has 1 heterocycles. The van der Waals surface area contributed by atoms with Crippen molar-refractivity contribution in [1.82, 2.24) is 4.57 Å². The molecule has 0 unspecified atom stereocenters. The Labute approximate surface area is 159 Å². The first-order valence-corrected chi connectivity index (χ1v) is 8.96. The second kappa shape index (κ2) is 8.10. The maximum Gasteiger partial charge on any atom is 0.251 e. The number of carbonyl (C=O) groups excluding carboxylic acids is 1. The summed E-state index contributed by atoms with van der Waals surface area (Å²) in [7, 11) is 0. The Morgan fingerprint density at radius 2 is 1.74 bits per heavy atom. The molecule has 27 heavy (non-hydrogen) atoms. The highest BCUT2D eigenvalue weighted by Crippen LogP contribution is 2.35. The van der Waals surface area contributed by atoms with Crippen LogP contribution in [-0.4, -0.2) is 22.2 Å². The normalized spacial score (nSPS) is 10.8. The minimum Gasteiger partial charge on any atom is -0.457 e. The first-order chi connectivity index (χ1) is 13.0. The number of rotatable bonds is 7. The summed E-state index contributed by atoms with van der Waals surface area (Å²) in [6.45, 7) is 4.59. The van der Waals surface area contributed by atoms with E-state index in [1.54, 1.807) is 0 Å². The third-order valence-electron chi connectivity index (χ3n) is 4.67. The van der Waals surface area contributed by atoms with Gasteiger partial charge in [-0.1, -0.05) is 30.3 Å². The molecule has 140 valence electrons. The van der Waals surface area contributed by atoms with Crippen LogP contribution >= 0.6 is 0 Å². The Kier molecular flexibility index (Phi) is 5.62. The molecular formula is C22H24N2O3. The van der Waals surface area contributed by atoms with Crippen LogP contribution in [0.5, 0.6) is 11.5 Å². The van der Waals surface area contributed by atoms with Crippen molar-refractivity contribution in [2.45, 2.75) is 26.8 Å². The number of hydrogen-bond donors (Lipinski definition) is 2. The van der Waals surface area contributed by atoms with Crippen molar-refractivity contribution >= 4 is 5.91 Å². The minimum atomic E-state index is -0.456. The number of amides is 1. The standard InChI is InChI=1S/C22H24N2O3/c1-15-20(21(22(23)26)16(2)24(15)12-7-13-25)17-8-6-11-19(14-17)27-18-9-4-3-5-10-18/h3-6,8-11,14,25H,7,12-13H2,1-2H3,(H2,23,26). The van der Waals surface area contributed by atoms with Gasteiger partial charge in [-0.3, -0.25) is 4.79 Å². The van der Waals surface area contributed by atoms with E-state index in [0.29, 0.717) is 24.3 Å². The predicted octanol–water partition coefficient (Wildman–Crippen LogP) is 4.05. The molecule has 0 aliphatic heterocycles. The maximum absolute atomic E-state index is 12.2. The van der Waals surface area contributed by atoms with E-state index in [-0.39, 0.29) is 6.61 Å². The monoisotopic (exact) mass is 364 g/mol. The second-order valence-corrected chi connectivity index (χ2v) is 6.46. The van der Waals surface area contributed by atoms with Gasteiger partial charge in [0.1, 0.15) is 11.5 Å². The molecule has 1 amide bonds. The number of benzene rings is 2. The quantitative estimate of drug-likeness (QED) is 0.664. The molecular weight excluding hydrogens is 340 g/mol. The fourth-order valence-corrected chi connectivity index (χ4v) is 3.44. The number of carbonyl (C=O) groups is 1. The molecule has 0 bridgehead atoms. The molecule has 5 heteroatoms. The van der Waals surface area contributed by atoms with Gasteiger partial charge in [0.15, 0.2) is 0 Å². The van der Waals surface area contributed by atoms with E-state index >= 15 is 0 Å². The van der Waals surface area contributed by atoms with Gasteiger partial charge < -0.3 is 20.1 Å². The highest BCUT2D eigenvalue weighted by Gasteiger charge is 2.22. The Bertz CT molecular complexity index is 946. The summed E-state index contributed by atoms with van der Waals surface area (Å²) in [6, 6.07) is 17.2. The molecule has 3 aromatic rings. The maximum atomic E-state index is 12.2. The average Bonchev–Trinajstić information content (AvgIpc) is 2.91. The highest BCUT2D eigenvalue weighted by atomic mass is 16.5. The van der Waals surface area contributed by atoms with Crippen molar-refractivity contribution in [2.75, 3.05) is 6.61 Å². The van der Waals surface area contributed by atoms with Crippen LogP contribution < -0.4 is 10.5 Å². The van der Waals surface area contributed by atoms with Crippen LogP contribution in [0.3, 0.4) is 0 Å². The topological polar surface area (TPSA) is 77.5 Å². The Morgan fingerprint density at radius 1 is 1.04 bits per heavy atom. The van der Waals surface area contributed by atoms with E-state index in [9.17, 15) is 4.79 Å². The van der Waals surface area contributed by atoms with Crippen molar-refractivity contribution < 1.29 is 14.6 Å². The van der Waals surface area contributed by atoms with Gasteiger partial charge in [0, 0.05) is 30.1 Å². The number of aromatic nitrogens is 1. The zero-order valence-corrected chi connectivity index (χ0v) is 15.6. The predicted molar refractivity (Wildman–Crippen MR) is 106 cm³/mol. The van der Waals surface area contributed by atoms with Crippen molar-refractivity contribution in [3.05, 3.63) is 71.5 Å². The molecule has 0 spiro atoms. The second-order valence-electron chi connectivity index (χ2n) is 6.46. The third kappa shape index (κ3) is 3.88. The van der Waals surface area contributed by atoms with E-state index in [1.165, 1.54) is 0 Å². The van der Waals surface area contributed by atoms with Gasteiger partial charge in [-0.2, -0.15) is 0 Å². The first kappa shape index (κ1) is 18.7. The lowest BCUT2D eigenvalue weighted by atomic mass is 10.00. The van der Waals surface area contributed by atoms with Gasteiger partial charge in [0.05, 0.1) is 5.56 Å². The van der Waals surface area contributed by atoms with Gasteiger partial charge in [-0.25, -0.2) is 0 Å². The van der Waals surface area contributed by atoms with E-state index in [0.717, 1.165) is 28.3 Å². The molecule has 0 aliphatic rings. The fourth-order valence-electron chi connectivity index (χ4n) is 3.44. The van der Waals surface area contributed by atoms with Crippen LogP contribution in [0.25, 0.3) is 11.1 Å². The molecule has 0 atom stereocenters. The number of ether oxygens (including phenoxy) is 1. The summed E-state index contributed by atoms with van der Waals surface area (Å²) < 4.78 is 7.96. The smallest absolute Gasteiger partial charge is 0.251 e. The Balaban J connectivity index is 2.05. The molecule has 2 aromatic carbocycles. The summed E-state index contributed by atoms with van der Waals surface area (Å²) >= 11 is 0. The molecule has 0 fully saturated rings. The van der Waals surface area contributed by atoms with E-state index in [4.69, 9.17) is 15.6 Å². The number of aliphatic hydroxyl groups is 1. The number of para-hydroxylation sites is 1. The number of nitrogens with zero attached hydrogens (tertiary/aromatic N) is 1. The van der Waals surface area contributed by atoms with Crippen LogP contribution in [0, 0.1) is 13.8 Å². The van der Waals surface area contributed by atoms with Crippen molar-refractivity contribution in [2.24, 2.45) is 5.73 Å². The SMILES string of the molecule is Cc1c(C(N)=O)c(-c2cccc(Oc3ccccc3)c2)c(C)n1CCCO. The molecule has 0 saturated heterocycles. The van der Waals surface area contributed by atoms with Gasteiger partial charge in [0.2, 0.25) is 0 Å². The summed E-state index contributed by atoms with van der Waals surface area (Å²) in [5, 5.41) is 9.17. The van der Waals surface area contributed by atoms with E-state index in [1.807, 2.05) is 73.0 Å². The molecule has 0 aliphatic carbocycles. The van der Waals surface area contributed by atoms with E-state index < -0.39 is 5.91 Å². The summed E-state index contributed by atoms with van der Waals surface area (Å²) in [5.74, 6) is 0.982. The zero-order valence-electron chi connectivity index (χ0n) is 15.6. The van der Waals surface area contributed by atoms with Crippen molar-refractivity contribution in [1.29, 1.82) is 0 Å². The van der Waals surface area contributed by atoms with Gasteiger partial charge in [0.25, 0.3) is 5.91 Å². The van der Waals surface area contributed by atoms with Gasteiger partial charge in [-0.15, -0.1) is 0 Å². The molecule has 3 N–H and O–H groups in total. The summed E-state index contributed by atoms with van der Waals surface area (Å²) in [4.78, 5) is 12.2. The molecule has 0 saturated carbocycles. The molecule has 5 nitrogen and oxygen atoms in total. The first-order valence-electron chi connectivity index (χ1n) is 8.96. The minimum absolute atomic E-state index is 0.0959. The molecule has 1 aromatic heterocycles. The molecule has 3 rings (SSSR count). The highest BCUT2D eigenvalue weighted by molar-refractivity contribution is 6.02. The van der Waals surface area contributed by atoms with Crippen molar-refractivity contribution in [3.63, 3.8) is 0 Å². The number of aliphatic hydroxyl groups excluding tert-OH is 1. The molecule has 0 radical (unpaired) electrons. The van der Waals surface area contributed by atoms with Crippen LogP contribution in [0.2, 0.25) is 0 Å². The summed E-state index contributed by atoms with van der Waals surface area (Å²) in [6.07, 6.45) is 0.616. The van der Waals surface area contributed by atoms with Gasteiger partial charge in [-0.05, 0) is 50.1 Å². The van der Waals surface area contributed by atoms with Crippen LogP contribution in [0.4, 0.5) is 0 Å². The average molecular weight is 364 g/mol. The Hall–Kier alpha value is -3.05. The Morgan fingerprint density at radius 3 is 2.41 bits per heavy atom. The lowest BCUT2D eigenvalue weighted by molar-refractivity contribution is 0.1000. The zero-order chi connectivity index (χ0) is 19.4. The summed E-state index contributed by atoms with van der Waals surface area (Å²) in [5.41, 5.74) is 9.67. The van der Waals surface area contributed by atoms with Crippen LogP contribution in [0.15, 0.2) is 54.6 Å². The van der Waals surface area contributed by atoms with E-state index in [2.05, 4.69) is 0 Å². The van der Waals surface area contributed by atoms with Crippen LogP contribution in [0.1, 0.15) is 28.2 Å². The largest absolute Gasteiger partial charge is 0.457 e. The number of hydrogen-bond acceptors (Lipinski definition) is 3. The number of nitrogens with two attached hydrogens (primary N) is 1. The lowest BCUT2D eigenvalue weighted by Gasteiger charge is -2.10. The fraction of sp³-hybridized carbons (Fsp3) is 0.227. The van der Waals surface area contributed by atoms with Gasteiger partial charge >= 0.3 is 0 Å². The third-order valence-corrected chi connectivity index (χ3v) is 4.67. The van der Waals surface area contributed by atoms with Crippen molar-refractivity contribution in [3.8, 4) is 22.6 Å².